The molecule has 2 N–H and O–H groups in total. The van der Waals surface area contributed by atoms with Gasteiger partial charge in [-0.25, -0.2) is 13.3 Å². The largest absolute Gasteiger partial charge is 0.340 e. The summed E-state index contributed by atoms with van der Waals surface area (Å²) in [6.07, 6.45) is -1.41. The summed E-state index contributed by atoms with van der Waals surface area (Å²) in [7, 11) is -1.51. The van der Waals surface area contributed by atoms with Gasteiger partial charge < -0.3 is 9.84 Å². The van der Waals surface area contributed by atoms with Crippen molar-refractivity contribution in [2.75, 3.05) is 12.4 Å². The third kappa shape index (κ3) is 8.86. The second kappa shape index (κ2) is 6.47. The van der Waals surface area contributed by atoms with E-state index < -0.39 is 29.9 Å². The van der Waals surface area contributed by atoms with Crippen LogP contribution in [0.3, 0.4) is 0 Å². The third-order valence-electron chi connectivity index (χ3n) is 1.25. The average molecular weight is 245 g/mol. The number of rotatable bonds is 7. The van der Waals surface area contributed by atoms with Crippen LogP contribution in [0.15, 0.2) is 0 Å². The minimum atomic E-state index is -2.94. The topological polar surface area (TPSA) is 58.6 Å². The van der Waals surface area contributed by atoms with Crippen molar-refractivity contribution >= 4 is 11.0 Å². The normalized spacial score (nSPS) is 19.9. The van der Waals surface area contributed by atoms with Gasteiger partial charge in [-0.1, -0.05) is 13.8 Å². The number of hydrogen-bond acceptors (Lipinski definition) is 3. The zero-order chi connectivity index (χ0) is 12.1. The Labute approximate surface area is 90.6 Å². The van der Waals surface area contributed by atoms with Crippen molar-refractivity contribution < 1.29 is 22.8 Å². The van der Waals surface area contributed by atoms with Gasteiger partial charge in [0, 0.05) is 12.7 Å². The van der Waals surface area contributed by atoms with Gasteiger partial charge in [-0.05, 0) is 5.92 Å². The molecule has 0 saturated heterocycles. The molecule has 1 unspecified atom stereocenters. The number of aliphatic hydroxyl groups is 1. The number of nitrogens with one attached hydrogen (secondary N) is 1. The first-order valence-electron chi connectivity index (χ1n) is 4.54. The predicted octanol–water partition coefficient (Wildman–Crippen LogP) is 0.843. The molecule has 0 amide bonds. The molecule has 3 atom stereocenters. The predicted molar refractivity (Wildman–Crippen MR) is 53.6 cm³/mol. The maximum atomic E-state index is 12.6. The molecular weight excluding hydrogens is 228 g/mol. The zero-order valence-corrected chi connectivity index (χ0v) is 9.81. The van der Waals surface area contributed by atoms with E-state index >= 15 is 0 Å². The molecule has 0 bridgehead atoms. The fourth-order valence-electron chi connectivity index (χ4n) is 0.844. The Kier molecular flexibility index (Phi) is 6.42. The number of hydrogen-bond donors (Lipinski definition) is 2. The van der Waals surface area contributed by atoms with Gasteiger partial charge in [0.15, 0.2) is 6.23 Å². The van der Waals surface area contributed by atoms with E-state index in [1.807, 2.05) is 13.8 Å². The molecule has 7 heteroatoms. The summed E-state index contributed by atoms with van der Waals surface area (Å²) in [5.74, 6) is 0.457. The maximum Gasteiger partial charge on any atom is 0.316 e. The van der Waals surface area contributed by atoms with Crippen LogP contribution in [0.4, 0.5) is 8.78 Å². The lowest BCUT2D eigenvalue weighted by atomic mass is 10.3. The van der Waals surface area contributed by atoms with Crippen LogP contribution in [0, 0.1) is 5.92 Å². The Morgan fingerprint density at radius 1 is 1.60 bits per heavy atom. The summed E-state index contributed by atoms with van der Waals surface area (Å²) >= 11 is 0. The van der Waals surface area contributed by atoms with Crippen molar-refractivity contribution in [1.82, 2.24) is 4.72 Å². The summed E-state index contributed by atoms with van der Waals surface area (Å²) in [4.78, 5) is 0. The van der Waals surface area contributed by atoms with Crippen molar-refractivity contribution in [2.45, 2.75) is 33.0 Å². The van der Waals surface area contributed by atoms with Gasteiger partial charge in [-0.15, -0.1) is 0 Å². The second-order valence-corrected chi connectivity index (χ2v) is 4.91. The third-order valence-corrected chi connectivity index (χ3v) is 2.74. The number of halogens is 2. The van der Waals surface area contributed by atoms with Gasteiger partial charge in [0.05, 0.1) is 11.0 Å². The van der Waals surface area contributed by atoms with E-state index in [1.165, 1.54) is 0 Å². The Morgan fingerprint density at radius 3 is 2.47 bits per heavy atom. The standard InChI is InChI=1S/C8H17F2NO3S/c1-6(2)5-15(13)11-7(4-9)14-8(3,10)12/h6-7,11-12H,4-5H2,1-3H3/t7-,8-,15?/m1/s1. The molecule has 0 aliphatic heterocycles. The highest BCUT2D eigenvalue weighted by atomic mass is 32.2. The Morgan fingerprint density at radius 2 is 2.13 bits per heavy atom. The first-order chi connectivity index (χ1) is 6.74. The van der Waals surface area contributed by atoms with Crippen molar-refractivity contribution in [3.05, 3.63) is 0 Å². The quantitative estimate of drug-likeness (QED) is 0.654. The molecule has 0 aliphatic carbocycles. The summed E-state index contributed by atoms with van der Waals surface area (Å²) < 4.78 is 42.6. The lowest BCUT2D eigenvalue weighted by Crippen LogP contribution is -2.42. The minimum Gasteiger partial charge on any atom is -0.340 e. The molecule has 0 rings (SSSR count). The van der Waals surface area contributed by atoms with Crippen molar-refractivity contribution in [2.24, 2.45) is 5.92 Å². The van der Waals surface area contributed by atoms with E-state index in [4.69, 9.17) is 5.11 Å². The molecule has 0 fully saturated rings. The molecule has 0 aromatic heterocycles. The van der Waals surface area contributed by atoms with E-state index in [-0.39, 0.29) is 5.92 Å². The highest BCUT2D eigenvalue weighted by Crippen LogP contribution is 2.10. The molecule has 0 aromatic rings. The van der Waals surface area contributed by atoms with Gasteiger partial charge in [0.1, 0.15) is 6.67 Å². The van der Waals surface area contributed by atoms with Crippen molar-refractivity contribution in [3.8, 4) is 0 Å². The van der Waals surface area contributed by atoms with Crippen LogP contribution in [0.1, 0.15) is 20.8 Å². The van der Waals surface area contributed by atoms with Crippen LogP contribution in [0.5, 0.6) is 0 Å². The molecule has 0 spiro atoms. The molecule has 0 heterocycles. The summed E-state index contributed by atoms with van der Waals surface area (Å²) in [5.41, 5.74) is 0. The molecule has 0 aliphatic rings. The van der Waals surface area contributed by atoms with Crippen molar-refractivity contribution in [3.63, 3.8) is 0 Å². The van der Waals surface area contributed by atoms with Gasteiger partial charge in [-0.3, -0.25) is 0 Å². The smallest absolute Gasteiger partial charge is 0.316 e. The van der Waals surface area contributed by atoms with Crippen LogP contribution in [-0.4, -0.2) is 34.0 Å². The van der Waals surface area contributed by atoms with E-state index in [9.17, 15) is 13.0 Å². The molecule has 0 aromatic carbocycles. The van der Waals surface area contributed by atoms with Crippen LogP contribution >= 0.6 is 0 Å². The van der Waals surface area contributed by atoms with Crippen LogP contribution in [0.2, 0.25) is 0 Å². The average Bonchev–Trinajstić information content (AvgIpc) is 1.98. The number of alkyl halides is 2. The van der Waals surface area contributed by atoms with Crippen LogP contribution < -0.4 is 4.72 Å². The van der Waals surface area contributed by atoms with E-state index in [0.717, 1.165) is 6.92 Å². The summed E-state index contributed by atoms with van der Waals surface area (Å²) in [6, 6.07) is -2.94. The minimum absolute atomic E-state index is 0.157. The zero-order valence-electron chi connectivity index (χ0n) is 9.00. The lowest BCUT2D eigenvalue weighted by Gasteiger charge is -2.21. The fraction of sp³-hybridized carbons (Fsp3) is 1.00. The Balaban J connectivity index is 4.04. The van der Waals surface area contributed by atoms with Crippen LogP contribution in [-0.2, 0) is 15.7 Å². The maximum absolute atomic E-state index is 12.6. The first-order valence-corrected chi connectivity index (χ1v) is 5.86. The van der Waals surface area contributed by atoms with Gasteiger partial charge in [0.25, 0.3) is 0 Å². The highest BCUT2D eigenvalue weighted by molar-refractivity contribution is 7.83. The highest BCUT2D eigenvalue weighted by Gasteiger charge is 2.26. The number of ether oxygens (including phenoxy) is 1. The van der Waals surface area contributed by atoms with Gasteiger partial charge in [-0.2, -0.15) is 4.39 Å². The lowest BCUT2D eigenvalue weighted by molar-refractivity contribution is -0.300. The van der Waals surface area contributed by atoms with E-state index in [1.54, 1.807) is 0 Å². The second-order valence-electron chi connectivity index (χ2n) is 3.65. The van der Waals surface area contributed by atoms with E-state index in [0.29, 0.717) is 5.75 Å². The molecule has 0 radical (unpaired) electrons. The molecule has 0 saturated carbocycles. The SMILES string of the molecule is CC(C)CS(=O)N[C@@H](CF)O[C@@](C)(O)F. The summed E-state index contributed by atoms with van der Waals surface area (Å²) in [6.45, 7) is 3.33. The Hall–Kier alpha value is -0.110. The summed E-state index contributed by atoms with van der Waals surface area (Å²) in [5, 5.41) is 8.62. The monoisotopic (exact) mass is 245 g/mol. The van der Waals surface area contributed by atoms with E-state index in [2.05, 4.69) is 9.46 Å². The fourth-order valence-corrected chi connectivity index (χ4v) is 1.95. The Bertz CT molecular complexity index is 209. The van der Waals surface area contributed by atoms with Crippen LogP contribution in [0.25, 0.3) is 0 Å². The molecule has 15 heavy (non-hydrogen) atoms. The first kappa shape index (κ1) is 14.9. The molecular formula is C8H17F2NO3S. The van der Waals surface area contributed by atoms with Crippen molar-refractivity contribution in [1.29, 1.82) is 0 Å². The van der Waals surface area contributed by atoms with Gasteiger partial charge in [0.2, 0.25) is 0 Å². The molecule has 92 valence electrons. The molecule has 4 nitrogen and oxygen atoms in total. The van der Waals surface area contributed by atoms with Gasteiger partial charge >= 0.3 is 6.04 Å².